The molecule has 7 heteroatoms. The van der Waals surface area contributed by atoms with Gasteiger partial charge in [-0.25, -0.2) is 9.59 Å². The second-order valence-electron chi connectivity index (χ2n) is 2.87. The minimum Gasteiger partial charge on any atom is -0.478 e. The maximum absolute atomic E-state index is 9.60. The molecule has 0 rings (SSSR count). The van der Waals surface area contributed by atoms with Crippen molar-refractivity contribution in [3.8, 4) is 0 Å². The zero-order valence-electron chi connectivity index (χ0n) is 10.3. The van der Waals surface area contributed by atoms with Gasteiger partial charge in [0.25, 0.3) is 0 Å². The Bertz CT molecular complexity index is 215. The van der Waals surface area contributed by atoms with Crippen LogP contribution < -0.4 is 5.73 Å². The highest BCUT2D eigenvalue weighted by Crippen LogP contribution is 1.81. The van der Waals surface area contributed by atoms with Crippen LogP contribution in [0.4, 0.5) is 4.79 Å². The van der Waals surface area contributed by atoms with Gasteiger partial charge in [0, 0.05) is 5.57 Å². The molecule has 1 unspecified atom stereocenters. The molecule has 0 fully saturated rings. The summed E-state index contributed by atoms with van der Waals surface area (Å²) >= 11 is 0. The number of aliphatic hydroxyl groups excluding tert-OH is 2. The average molecular weight is 251 g/mol. The van der Waals surface area contributed by atoms with Crippen LogP contribution in [0.1, 0.15) is 20.8 Å². The number of ether oxygens (including phenoxy) is 1. The number of primary amides is 1. The van der Waals surface area contributed by atoms with Crippen LogP contribution in [0.25, 0.3) is 0 Å². The Labute approximate surface area is 101 Å². The summed E-state index contributed by atoms with van der Waals surface area (Å²) in [5, 5.41) is 23.9. The number of hydrogen-bond donors (Lipinski definition) is 4. The molecule has 0 aromatic carbocycles. The topological polar surface area (TPSA) is 130 Å². The van der Waals surface area contributed by atoms with Crippen LogP contribution in [0.2, 0.25) is 0 Å². The summed E-state index contributed by atoms with van der Waals surface area (Å²) in [5.41, 5.74) is 4.72. The molecule has 0 spiro atoms. The van der Waals surface area contributed by atoms with Crippen LogP contribution in [0, 0.1) is 0 Å². The third-order valence-electron chi connectivity index (χ3n) is 0.916. The van der Waals surface area contributed by atoms with Gasteiger partial charge in [-0.15, -0.1) is 0 Å². The molecule has 0 heterocycles. The maximum atomic E-state index is 9.60. The number of carboxylic acids is 1. The summed E-state index contributed by atoms with van der Waals surface area (Å²) in [7, 11) is 0. The lowest BCUT2D eigenvalue weighted by atomic mass is 10.4. The molecule has 0 bridgehead atoms. The number of aliphatic hydroxyl groups is 2. The molecule has 17 heavy (non-hydrogen) atoms. The lowest BCUT2D eigenvalue weighted by Gasteiger charge is -1.90. The average Bonchev–Trinajstić information content (AvgIpc) is 2.19. The van der Waals surface area contributed by atoms with Crippen molar-refractivity contribution in [2.45, 2.75) is 26.9 Å². The number of carbonyl (C=O) groups is 2. The molecule has 0 aromatic heterocycles. The normalized spacial score (nSPS) is 9.71. The van der Waals surface area contributed by atoms with E-state index in [4.69, 9.17) is 15.3 Å². The van der Waals surface area contributed by atoms with Gasteiger partial charge in [-0.3, -0.25) is 0 Å². The fourth-order valence-electron chi connectivity index (χ4n) is 0.142. The summed E-state index contributed by atoms with van der Waals surface area (Å²) < 4.78 is 4.18. The molecule has 0 aliphatic carbocycles. The van der Waals surface area contributed by atoms with Gasteiger partial charge in [-0.2, -0.15) is 0 Å². The number of hydrogen-bond acceptors (Lipinski definition) is 5. The zero-order valence-corrected chi connectivity index (χ0v) is 10.3. The molecule has 5 N–H and O–H groups in total. The highest BCUT2D eigenvalue weighted by Gasteiger charge is 1.90. The number of carboxylic acid groups (broad SMARTS) is 1. The minimum atomic E-state index is -0.935. The van der Waals surface area contributed by atoms with Crippen LogP contribution in [-0.2, 0) is 9.53 Å². The summed E-state index contributed by atoms with van der Waals surface area (Å²) in [5.74, 6) is -0.935. The lowest BCUT2D eigenvalue weighted by molar-refractivity contribution is -0.132. The molecule has 0 saturated carbocycles. The van der Waals surface area contributed by atoms with E-state index >= 15 is 0 Å². The van der Waals surface area contributed by atoms with Crippen molar-refractivity contribution >= 4 is 12.1 Å². The van der Waals surface area contributed by atoms with Crippen molar-refractivity contribution in [2.24, 2.45) is 5.73 Å². The smallest absolute Gasteiger partial charge is 0.404 e. The van der Waals surface area contributed by atoms with Crippen molar-refractivity contribution in [2.75, 3.05) is 13.2 Å². The molecule has 0 aromatic rings. The second kappa shape index (κ2) is 14.4. The Morgan fingerprint density at radius 1 is 1.47 bits per heavy atom. The number of rotatable bonds is 3. The first-order valence-corrected chi connectivity index (χ1v) is 4.78. The first-order valence-electron chi connectivity index (χ1n) is 4.78. The number of aliphatic carboxylic acids is 1. The summed E-state index contributed by atoms with van der Waals surface area (Å²) in [6.45, 7) is 8.05. The zero-order chi connectivity index (χ0) is 14.4. The van der Waals surface area contributed by atoms with Gasteiger partial charge in [-0.1, -0.05) is 6.58 Å². The fourth-order valence-corrected chi connectivity index (χ4v) is 0.142. The van der Waals surface area contributed by atoms with E-state index in [2.05, 4.69) is 17.0 Å². The Morgan fingerprint density at radius 2 is 1.76 bits per heavy atom. The maximum Gasteiger partial charge on any atom is 0.404 e. The molecule has 1 amide bonds. The van der Waals surface area contributed by atoms with E-state index in [1.807, 2.05) is 0 Å². The molecular weight excluding hydrogens is 230 g/mol. The first-order chi connectivity index (χ1) is 7.68. The quantitative estimate of drug-likeness (QED) is 0.526. The minimum absolute atomic E-state index is 0.139. The van der Waals surface area contributed by atoms with Crippen molar-refractivity contribution in [1.82, 2.24) is 0 Å². The van der Waals surface area contributed by atoms with Crippen LogP contribution in [0.15, 0.2) is 12.2 Å². The van der Waals surface area contributed by atoms with Crippen LogP contribution in [0.3, 0.4) is 0 Å². The van der Waals surface area contributed by atoms with Crippen molar-refractivity contribution in [3.05, 3.63) is 12.2 Å². The Balaban J connectivity index is -0.000000174. The van der Waals surface area contributed by atoms with Crippen LogP contribution in [0.5, 0.6) is 0 Å². The molecule has 1 atom stereocenters. The summed E-state index contributed by atoms with van der Waals surface area (Å²) in [6, 6.07) is 0. The molecule has 7 nitrogen and oxygen atoms in total. The molecule has 0 aliphatic heterocycles. The van der Waals surface area contributed by atoms with E-state index in [1.54, 1.807) is 6.92 Å². The van der Waals surface area contributed by atoms with E-state index in [0.717, 1.165) is 0 Å². The standard InChI is InChI=1S/C4H6O2.C3H7NO2.C3H8O2/c1-3(2)4(5)6;1-2-6-3(4)5;1-3(5)2-4/h1H2,2H3,(H,5,6);2H2,1H3,(H2,4,5);3-5H,2H2,1H3. The van der Waals surface area contributed by atoms with Gasteiger partial charge in [0.2, 0.25) is 0 Å². The largest absolute Gasteiger partial charge is 0.478 e. The van der Waals surface area contributed by atoms with Gasteiger partial charge in [-0.05, 0) is 20.8 Å². The van der Waals surface area contributed by atoms with Crippen LogP contribution in [-0.4, -0.2) is 46.7 Å². The molecule has 0 radical (unpaired) electrons. The SMILES string of the molecule is C=C(C)C(=O)O.CC(O)CO.CCOC(N)=O. The Hall–Kier alpha value is -1.60. The van der Waals surface area contributed by atoms with Gasteiger partial charge < -0.3 is 25.8 Å². The Kier molecular flexibility index (Phi) is 17.6. The van der Waals surface area contributed by atoms with Crippen molar-refractivity contribution in [3.63, 3.8) is 0 Å². The number of amides is 1. The number of nitrogens with two attached hydrogens (primary N) is 1. The highest BCUT2D eigenvalue weighted by molar-refractivity contribution is 5.84. The van der Waals surface area contributed by atoms with E-state index in [1.165, 1.54) is 13.8 Å². The second-order valence-corrected chi connectivity index (χ2v) is 2.87. The van der Waals surface area contributed by atoms with Crippen molar-refractivity contribution in [1.29, 1.82) is 0 Å². The van der Waals surface area contributed by atoms with Gasteiger partial charge in [0.1, 0.15) is 0 Å². The third-order valence-corrected chi connectivity index (χ3v) is 0.916. The lowest BCUT2D eigenvalue weighted by Crippen LogP contribution is -2.11. The van der Waals surface area contributed by atoms with Crippen molar-refractivity contribution < 1.29 is 29.6 Å². The first kappa shape index (κ1) is 20.8. The van der Waals surface area contributed by atoms with Gasteiger partial charge in [0.15, 0.2) is 0 Å². The predicted molar refractivity (Wildman–Crippen MR) is 62.4 cm³/mol. The summed E-state index contributed by atoms with van der Waals surface area (Å²) in [4.78, 5) is 19.2. The monoisotopic (exact) mass is 251 g/mol. The van der Waals surface area contributed by atoms with Gasteiger partial charge in [0.05, 0.1) is 19.3 Å². The van der Waals surface area contributed by atoms with E-state index in [0.29, 0.717) is 6.61 Å². The molecular formula is C10H21NO6. The number of carbonyl (C=O) groups excluding carboxylic acids is 1. The van der Waals surface area contributed by atoms with E-state index in [9.17, 15) is 9.59 Å². The molecule has 0 saturated heterocycles. The van der Waals surface area contributed by atoms with Crippen LogP contribution >= 0.6 is 0 Å². The van der Waals surface area contributed by atoms with E-state index in [-0.39, 0.29) is 12.2 Å². The summed E-state index contributed by atoms with van der Waals surface area (Å²) in [6.07, 6.45) is -1.27. The predicted octanol–water partition coefficient (Wildman–Crippen LogP) is 0.108. The Morgan fingerprint density at radius 3 is 1.76 bits per heavy atom. The van der Waals surface area contributed by atoms with Gasteiger partial charge >= 0.3 is 12.1 Å². The highest BCUT2D eigenvalue weighted by atomic mass is 16.5. The molecule has 102 valence electrons. The molecule has 0 aliphatic rings. The third kappa shape index (κ3) is 40.4. The fraction of sp³-hybridized carbons (Fsp3) is 0.600. The van der Waals surface area contributed by atoms with E-state index < -0.39 is 18.2 Å².